The Morgan fingerprint density at radius 2 is 2.10 bits per heavy atom. The number of nitrogens with one attached hydrogen (secondary N) is 1. The van der Waals surface area contributed by atoms with Crippen LogP contribution in [-0.2, 0) is 11.2 Å². The molecule has 6 heteroatoms. The molecule has 0 bridgehead atoms. The van der Waals surface area contributed by atoms with E-state index in [2.05, 4.69) is 5.32 Å². The second-order valence-corrected chi connectivity index (χ2v) is 6.27. The number of aromatic hydroxyl groups is 2. The fourth-order valence-electron chi connectivity index (χ4n) is 2.47. The Labute approximate surface area is 123 Å². The van der Waals surface area contributed by atoms with E-state index < -0.39 is 12.1 Å². The minimum Gasteiger partial charge on any atom is -0.504 e. The number of carbonyl (C=O) groups is 1. The standard InChI is InChI=1S/C15H22N2O4/c1-15(2)12(7-13(15)20)17-14(21)9(16)5-8-3-4-10(18)11(19)6-8/h3-4,6,9,12-13,18-20H,5,7,16H2,1-2H3,(H,17,21)/t9-,12?,13?/m0/s1. The van der Waals surface area contributed by atoms with Gasteiger partial charge in [-0.05, 0) is 30.5 Å². The Kier molecular flexibility index (Phi) is 4.11. The van der Waals surface area contributed by atoms with E-state index in [1.165, 1.54) is 12.1 Å². The normalized spacial score (nSPS) is 25.0. The van der Waals surface area contributed by atoms with Gasteiger partial charge in [0.2, 0.25) is 5.91 Å². The molecule has 0 radical (unpaired) electrons. The van der Waals surface area contributed by atoms with Crippen LogP contribution in [0.2, 0.25) is 0 Å². The number of aliphatic hydroxyl groups excluding tert-OH is 1. The van der Waals surface area contributed by atoms with E-state index in [9.17, 15) is 20.1 Å². The van der Waals surface area contributed by atoms with Crippen molar-refractivity contribution in [2.24, 2.45) is 11.1 Å². The number of aliphatic hydroxyl groups is 1. The largest absolute Gasteiger partial charge is 0.504 e. The molecule has 0 aliphatic heterocycles. The van der Waals surface area contributed by atoms with Gasteiger partial charge in [0.15, 0.2) is 11.5 Å². The van der Waals surface area contributed by atoms with Gasteiger partial charge >= 0.3 is 0 Å². The van der Waals surface area contributed by atoms with E-state index in [-0.39, 0.29) is 35.3 Å². The quantitative estimate of drug-likeness (QED) is 0.510. The highest BCUT2D eigenvalue weighted by Gasteiger charge is 2.48. The van der Waals surface area contributed by atoms with Crippen LogP contribution in [0.1, 0.15) is 25.8 Å². The molecule has 1 aliphatic carbocycles. The van der Waals surface area contributed by atoms with E-state index in [1.807, 2.05) is 13.8 Å². The number of phenolic OH excluding ortho intramolecular Hbond substituents is 2. The molecule has 6 N–H and O–H groups in total. The zero-order valence-corrected chi connectivity index (χ0v) is 12.2. The van der Waals surface area contributed by atoms with Crippen LogP contribution in [0, 0.1) is 5.41 Å². The highest BCUT2D eigenvalue weighted by Crippen LogP contribution is 2.40. The lowest BCUT2D eigenvalue weighted by molar-refractivity contribution is -0.130. The molecule has 1 amide bonds. The van der Waals surface area contributed by atoms with Gasteiger partial charge in [-0.15, -0.1) is 0 Å². The third kappa shape index (κ3) is 3.11. The van der Waals surface area contributed by atoms with Crippen molar-refractivity contribution in [3.05, 3.63) is 23.8 Å². The van der Waals surface area contributed by atoms with Crippen LogP contribution < -0.4 is 11.1 Å². The molecule has 2 unspecified atom stereocenters. The number of nitrogens with two attached hydrogens (primary N) is 1. The van der Waals surface area contributed by atoms with E-state index >= 15 is 0 Å². The molecule has 1 saturated carbocycles. The molecule has 1 aromatic carbocycles. The summed E-state index contributed by atoms with van der Waals surface area (Å²) in [6, 6.07) is 3.53. The molecular formula is C15H22N2O4. The average molecular weight is 294 g/mol. The topological polar surface area (TPSA) is 116 Å². The van der Waals surface area contributed by atoms with E-state index in [0.29, 0.717) is 12.0 Å². The lowest BCUT2D eigenvalue weighted by atomic mass is 9.64. The summed E-state index contributed by atoms with van der Waals surface area (Å²) >= 11 is 0. The van der Waals surface area contributed by atoms with Gasteiger partial charge in [-0.1, -0.05) is 19.9 Å². The summed E-state index contributed by atoms with van der Waals surface area (Å²) in [6.45, 7) is 3.80. The number of benzene rings is 1. The Bertz CT molecular complexity index is 544. The van der Waals surface area contributed by atoms with Crippen LogP contribution in [0.3, 0.4) is 0 Å². The summed E-state index contributed by atoms with van der Waals surface area (Å²) in [5, 5.41) is 31.2. The number of amides is 1. The first-order valence-electron chi connectivity index (χ1n) is 6.96. The fourth-order valence-corrected chi connectivity index (χ4v) is 2.47. The Balaban J connectivity index is 1.92. The summed E-state index contributed by atoms with van der Waals surface area (Å²) < 4.78 is 0. The zero-order valence-electron chi connectivity index (χ0n) is 12.2. The van der Waals surface area contributed by atoms with Crippen LogP contribution in [0.5, 0.6) is 11.5 Å². The van der Waals surface area contributed by atoms with Crippen molar-refractivity contribution in [3.63, 3.8) is 0 Å². The molecule has 1 aliphatic rings. The first-order chi connectivity index (χ1) is 9.71. The molecule has 6 nitrogen and oxygen atoms in total. The predicted octanol–water partition coefficient (Wildman–Crippen LogP) is 0.243. The molecule has 0 saturated heterocycles. The molecule has 0 aromatic heterocycles. The first-order valence-corrected chi connectivity index (χ1v) is 6.96. The summed E-state index contributed by atoms with van der Waals surface area (Å²) in [7, 11) is 0. The van der Waals surface area contributed by atoms with Gasteiger partial charge in [0.25, 0.3) is 0 Å². The molecule has 1 aromatic rings. The van der Waals surface area contributed by atoms with Gasteiger partial charge in [0.05, 0.1) is 12.1 Å². The monoisotopic (exact) mass is 294 g/mol. The van der Waals surface area contributed by atoms with Crippen molar-refractivity contribution in [3.8, 4) is 11.5 Å². The predicted molar refractivity (Wildman–Crippen MR) is 77.8 cm³/mol. The third-order valence-corrected chi connectivity index (χ3v) is 4.36. The van der Waals surface area contributed by atoms with Gasteiger partial charge < -0.3 is 26.4 Å². The van der Waals surface area contributed by atoms with Crippen LogP contribution in [0.4, 0.5) is 0 Å². The minimum atomic E-state index is -0.748. The number of phenols is 2. The van der Waals surface area contributed by atoms with Gasteiger partial charge in [0, 0.05) is 11.5 Å². The molecule has 0 heterocycles. The minimum absolute atomic E-state index is 0.0840. The van der Waals surface area contributed by atoms with Crippen molar-refractivity contribution >= 4 is 5.91 Å². The summed E-state index contributed by atoms with van der Waals surface area (Å²) in [4.78, 5) is 12.1. The molecule has 2 rings (SSSR count). The van der Waals surface area contributed by atoms with Gasteiger partial charge in [-0.2, -0.15) is 0 Å². The lowest BCUT2D eigenvalue weighted by Crippen LogP contribution is -2.63. The highest BCUT2D eigenvalue weighted by molar-refractivity contribution is 5.82. The molecule has 3 atom stereocenters. The molecule has 1 fully saturated rings. The smallest absolute Gasteiger partial charge is 0.237 e. The van der Waals surface area contributed by atoms with Crippen molar-refractivity contribution in [1.82, 2.24) is 5.32 Å². The second kappa shape index (κ2) is 5.54. The third-order valence-electron chi connectivity index (χ3n) is 4.36. The molecular weight excluding hydrogens is 272 g/mol. The fraction of sp³-hybridized carbons (Fsp3) is 0.533. The molecule has 0 spiro atoms. The number of hydrogen-bond acceptors (Lipinski definition) is 5. The van der Waals surface area contributed by atoms with E-state index in [1.54, 1.807) is 6.07 Å². The van der Waals surface area contributed by atoms with Crippen LogP contribution in [0.25, 0.3) is 0 Å². The average Bonchev–Trinajstić information content (AvgIpc) is 2.42. The van der Waals surface area contributed by atoms with Crippen LogP contribution >= 0.6 is 0 Å². The highest BCUT2D eigenvalue weighted by atomic mass is 16.3. The van der Waals surface area contributed by atoms with Gasteiger partial charge in [-0.25, -0.2) is 0 Å². The van der Waals surface area contributed by atoms with E-state index in [4.69, 9.17) is 5.73 Å². The van der Waals surface area contributed by atoms with Crippen molar-refractivity contribution in [2.75, 3.05) is 0 Å². The van der Waals surface area contributed by atoms with E-state index in [0.717, 1.165) is 0 Å². The van der Waals surface area contributed by atoms with Crippen LogP contribution in [0.15, 0.2) is 18.2 Å². The Hall–Kier alpha value is -1.79. The SMILES string of the molecule is CC1(C)C(O)CC1NC(=O)[C@@H](N)Cc1ccc(O)c(O)c1. The number of hydrogen-bond donors (Lipinski definition) is 5. The molecule has 21 heavy (non-hydrogen) atoms. The maximum atomic E-state index is 12.1. The van der Waals surface area contributed by atoms with Crippen molar-refractivity contribution in [1.29, 1.82) is 0 Å². The van der Waals surface area contributed by atoms with Gasteiger partial charge in [0.1, 0.15) is 0 Å². The Morgan fingerprint density at radius 1 is 1.43 bits per heavy atom. The number of carbonyl (C=O) groups excluding carboxylic acids is 1. The second-order valence-electron chi connectivity index (χ2n) is 6.27. The summed E-state index contributed by atoms with van der Waals surface area (Å²) in [5.41, 5.74) is 6.20. The molecule has 116 valence electrons. The van der Waals surface area contributed by atoms with Crippen LogP contribution in [-0.4, -0.2) is 39.4 Å². The summed E-state index contributed by atoms with van der Waals surface area (Å²) in [5.74, 6) is -0.724. The first kappa shape index (κ1) is 15.6. The lowest BCUT2D eigenvalue weighted by Gasteiger charge is -2.49. The van der Waals surface area contributed by atoms with Crippen molar-refractivity contribution in [2.45, 2.75) is 44.9 Å². The maximum Gasteiger partial charge on any atom is 0.237 e. The summed E-state index contributed by atoms with van der Waals surface area (Å²) in [6.07, 6.45) is 0.383. The van der Waals surface area contributed by atoms with Crippen molar-refractivity contribution < 1.29 is 20.1 Å². The number of rotatable bonds is 4. The van der Waals surface area contributed by atoms with Gasteiger partial charge in [-0.3, -0.25) is 4.79 Å². The Morgan fingerprint density at radius 3 is 2.62 bits per heavy atom. The zero-order chi connectivity index (χ0) is 15.8. The maximum absolute atomic E-state index is 12.1.